The first-order valence-electron chi connectivity index (χ1n) is 6.28. The smallest absolute Gasteiger partial charge is 0.275 e. The molecule has 3 rings (SSSR count). The van der Waals surface area contributed by atoms with Crippen LogP contribution in [0.1, 0.15) is 28.9 Å². The number of anilines is 1. The van der Waals surface area contributed by atoms with E-state index in [1.807, 2.05) is 30.3 Å². The Hall–Kier alpha value is -2.37. The Morgan fingerprint density at radius 3 is 2.79 bits per heavy atom. The van der Waals surface area contributed by atoms with Gasteiger partial charge in [-0.2, -0.15) is 0 Å². The molecule has 0 saturated heterocycles. The van der Waals surface area contributed by atoms with E-state index in [-0.39, 0.29) is 17.6 Å². The molecule has 1 amide bonds. The highest BCUT2D eigenvalue weighted by molar-refractivity contribution is 5.96. The van der Waals surface area contributed by atoms with Gasteiger partial charge in [0.2, 0.25) is 0 Å². The van der Waals surface area contributed by atoms with Crippen LogP contribution in [0.2, 0.25) is 0 Å². The lowest BCUT2D eigenvalue weighted by Gasteiger charge is -2.04. The van der Waals surface area contributed by atoms with Crippen LogP contribution in [-0.2, 0) is 6.54 Å². The number of nitrogens with two attached hydrogens (primary N) is 1. The minimum absolute atomic E-state index is 0.211. The van der Waals surface area contributed by atoms with E-state index in [0.717, 1.165) is 18.4 Å². The van der Waals surface area contributed by atoms with Crippen molar-refractivity contribution in [3.8, 4) is 0 Å². The summed E-state index contributed by atoms with van der Waals surface area (Å²) in [5, 5.41) is 10.7. The van der Waals surface area contributed by atoms with Gasteiger partial charge in [-0.15, -0.1) is 5.10 Å². The summed E-state index contributed by atoms with van der Waals surface area (Å²) in [4.78, 5) is 11.9. The summed E-state index contributed by atoms with van der Waals surface area (Å²) in [7, 11) is 0. The molecule has 6 heteroatoms. The molecule has 1 aliphatic rings. The van der Waals surface area contributed by atoms with Gasteiger partial charge in [0.25, 0.3) is 5.91 Å². The van der Waals surface area contributed by atoms with E-state index < -0.39 is 0 Å². The van der Waals surface area contributed by atoms with E-state index in [0.29, 0.717) is 12.4 Å². The molecular formula is C13H15N5O. The highest BCUT2D eigenvalue weighted by Gasteiger charge is 2.26. The molecular weight excluding hydrogens is 242 g/mol. The highest BCUT2D eigenvalue weighted by Crippen LogP contribution is 2.20. The minimum atomic E-state index is -0.237. The predicted molar refractivity (Wildman–Crippen MR) is 70.5 cm³/mol. The molecule has 1 saturated carbocycles. The van der Waals surface area contributed by atoms with E-state index in [2.05, 4.69) is 15.6 Å². The van der Waals surface area contributed by atoms with Gasteiger partial charge < -0.3 is 11.1 Å². The first-order chi connectivity index (χ1) is 9.24. The number of benzene rings is 1. The normalized spacial score (nSPS) is 14.3. The van der Waals surface area contributed by atoms with Crippen molar-refractivity contribution in [1.82, 2.24) is 20.3 Å². The molecule has 2 aromatic rings. The number of nitrogen functional groups attached to an aromatic ring is 1. The second-order valence-electron chi connectivity index (χ2n) is 4.71. The second-order valence-corrected chi connectivity index (χ2v) is 4.71. The molecule has 6 nitrogen and oxygen atoms in total. The summed E-state index contributed by atoms with van der Waals surface area (Å²) >= 11 is 0. The molecule has 0 unspecified atom stereocenters. The molecule has 1 aromatic carbocycles. The number of carbonyl (C=O) groups is 1. The van der Waals surface area contributed by atoms with Crippen molar-refractivity contribution in [2.24, 2.45) is 0 Å². The average molecular weight is 257 g/mol. The van der Waals surface area contributed by atoms with Crippen LogP contribution < -0.4 is 11.1 Å². The Balaban J connectivity index is 1.76. The van der Waals surface area contributed by atoms with Crippen LogP contribution in [0.4, 0.5) is 5.82 Å². The quantitative estimate of drug-likeness (QED) is 0.848. The van der Waals surface area contributed by atoms with Crippen LogP contribution in [0.5, 0.6) is 0 Å². The third kappa shape index (κ3) is 2.57. The van der Waals surface area contributed by atoms with E-state index in [1.54, 1.807) is 0 Å². The van der Waals surface area contributed by atoms with Crippen molar-refractivity contribution < 1.29 is 4.79 Å². The number of nitrogens with one attached hydrogen (secondary N) is 1. The maximum Gasteiger partial charge on any atom is 0.275 e. The van der Waals surface area contributed by atoms with Crippen molar-refractivity contribution >= 4 is 11.7 Å². The highest BCUT2D eigenvalue weighted by atomic mass is 16.2. The van der Waals surface area contributed by atoms with Crippen molar-refractivity contribution in [2.75, 3.05) is 5.73 Å². The number of carbonyl (C=O) groups excluding carboxylic acids is 1. The summed E-state index contributed by atoms with van der Waals surface area (Å²) in [6.07, 6.45) is 2.06. The fourth-order valence-electron chi connectivity index (χ4n) is 1.84. The van der Waals surface area contributed by atoms with Gasteiger partial charge in [-0.25, -0.2) is 4.68 Å². The Morgan fingerprint density at radius 2 is 2.11 bits per heavy atom. The lowest BCUT2D eigenvalue weighted by Crippen LogP contribution is -2.26. The van der Waals surface area contributed by atoms with Crippen LogP contribution in [-0.4, -0.2) is 26.9 Å². The van der Waals surface area contributed by atoms with Crippen LogP contribution in [0, 0.1) is 0 Å². The maximum absolute atomic E-state index is 11.9. The zero-order chi connectivity index (χ0) is 13.2. The Labute approximate surface area is 110 Å². The van der Waals surface area contributed by atoms with Gasteiger partial charge in [-0.3, -0.25) is 4.79 Å². The first-order valence-corrected chi connectivity index (χ1v) is 6.28. The number of rotatable bonds is 4. The molecule has 0 spiro atoms. The lowest BCUT2D eigenvalue weighted by molar-refractivity contribution is 0.0947. The van der Waals surface area contributed by atoms with Gasteiger partial charge in [0, 0.05) is 6.04 Å². The second kappa shape index (κ2) is 4.72. The van der Waals surface area contributed by atoms with E-state index in [4.69, 9.17) is 5.73 Å². The lowest BCUT2D eigenvalue weighted by atomic mass is 10.2. The van der Waals surface area contributed by atoms with Crippen molar-refractivity contribution in [3.63, 3.8) is 0 Å². The summed E-state index contributed by atoms with van der Waals surface area (Å²) in [6.45, 7) is 0.510. The zero-order valence-electron chi connectivity index (χ0n) is 10.4. The number of hydrogen-bond donors (Lipinski definition) is 2. The van der Waals surface area contributed by atoms with E-state index in [1.165, 1.54) is 4.68 Å². The number of hydrogen-bond acceptors (Lipinski definition) is 4. The summed E-state index contributed by atoms with van der Waals surface area (Å²) in [6, 6.07) is 10.1. The zero-order valence-corrected chi connectivity index (χ0v) is 10.4. The standard InChI is InChI=1S/C13H15N5O/c14-12-11(13(19)15-10-6-7-10)16-17-18(12)8-9-4-2-1-3-5-9/h1-5,10H,6-8,14H2,(H,15,19). The number of aromatic nitrogens is 3. The van der Waals surface area contributed by atoms with Crippen LogP contribution in [0.15, 0.2) is 30.3 Å². The molecule has 19 heavy (non-hydrogen) atoms. The summed E-state index contributed by atoms with van der Waals surface area (Å²) < 4.78 is 1.54. The first kappa shape index (κ1) is 11.7. The SMILES string of the molecule is Nc1c(C(=O)NC2CC2)nnn1Cc1ccccc1. The summed E-state index contributed by atoms with van der Waals surface area (Å²) in [5.74, 6) is 0.0707. The molecule has 0 radical (unpaired) electrons. The van der Waals surface area contributed by atoms with Gasteiger partial charge in [0.1, 0.15) is 0 Å². The number of nitrogens with zero attached hydrogens (tertiary/aromatic N) is 3. The molecule has 3 N–H and O–H groups in total. The van der Waals surface area contributed by atoms with Gasteiger partial charge >= 0.3 is 0 Å². The predicted octanol–water partition coefficient (Wildman–Crippen LogP) is 0.801. The van der Waals surface area contributed by atoms with Gasteiger partial charge in [-0.1, -0.05) is 35.5 Å². The van der Waals surface area contributed by atoms with Crippen LogP contribution in [0.3, 0.4) is 0 Å². The summed E-state index contributed by atoms with van der Waals surface area (Å²) in [5.41, 5.74) is 7.20. The van der Waals surface area contributed by atoms with Crippen molar-refractivity contribution in [2.45, 2.75) is 25.4 Å². The molecule has 1 aromatic heterocycles. The molecule has 0 aliphatic heterocycles. The maximum atomic E-state index is 11.9. The van der Waals surface area contributed by atoms with Gasteiger partial charge in [-0.05, 0) is 18.4 Å². The monoisotopic (exact) mass is 257 g/mol. The third-order valence-corrected chi connectivity index (χ3v) is 3.08. The topological polar surface area (TPSA) is 85.8 Å². The van der Waals surface area contributed by atoms with Gasteiger partial charge in [0.05, 0.1) is 6.54 Å². The molecule has 98 valence electrons. The van der Waals surface area contributed by atoms with E-state index >= 15 is 0 Å². The Morgan fingerprint density at radius 1 is 1.37 bits per heavy atom. The third-order valence-electron chi connectivity index (χ3n) is 3.08. The Kier molecular flexibility index (Phi) is 2.91. The van der Waals surface area contributed by atoms with Crippen LogP contribution >= 0.6 is 0 Å². The molecule has 1 heterocycles. The van der Waals surface area contributed by atoms with E-state index in [9.17, 15) is 4.79 Å². The van der Waals surface area contributed by atoms with Crippen LogP contribution in [0.25, 0.3) is 0 Å². The molecule has 0 atom stereocenters. The fraction of sp³-hybridized carbons (Fsp3) is 0.308. The number of amides is 1. The molecule has 0 bridgehead atoms. The average Bonchev–Trinajstić information content (AvgIpc) is 3.15. The largest absolute Gasteiger partial charge is 0.382 e. The van der Waals surface area contributed by atoms with Crippen molar-refractivity contribution in [3.05, 3.63) is 41.6 Å². The van der Waals surface area contributed by atoms with Gasteiger partial charge in [0.15, 0.2) is 11.5 Å². The van der Waals surface area contributed by atoms with Crippen molar-refractivity contribution in [1.29, 1.82) is 0 Å². The molecule has 1 fully saturated rings. The minimum Gasteiger partial charge on any atom is -0.382 e. The fourth-order valence-corrected chi connectivity index (χ4v) is 1.84. The molecule has 1 aliphatic carbocycles. The Bertz CT molecular complexity index is 588.